The van der Waals surface area contributed by atoms with Gasteiger partial charge in [-0.3, -0.25) is 0 Å². The Bertz CT molecular complexity index is 762. The van der Waals surface area contributed by atoms with Crippen LogP contribution in [0.2, 0.25) is 0 Å². The number of fused-ring (bicyclic) bond motifs is 1. The van der Waals surface area contributed by atoms with Crippen molar-refractivity contribution < 1.29 is 4.39 Å². The molecule has 0 amide bonds. The first-order valence-electron chi connectivity index (χ1n) is 7.10. The third-order valence-electron chi connectivity index (χ3n) is 3.49. The van der Waals surface area contributed by atoms with Crippen molar-refractivity contribution in [2.75, 3.05) is 0 Å². The number of nitrogens with one attached hydrogen (secondary N) is 1. The summed E-state index contributed by atoms with van der Waals surface area (Å²) in [4.78, 5) is 0. The van der Waals surface area contributed by atoms with E-state index in [1.54, 1.807) is 16.9 Å². The summed E-state index contributed by atoms with van der Waals surface area (Å²) in [7, 11) is 0. The molecule has 0 radical (unpaired) electrons. The maximum Gasteiger partial charge on any atom is 0.129 e. The highest BCUT2D eigenvalue weighted by atomic mass is 19.1. The number of rotatable bonds is 4. The van der Waals surface area contributed by atoms with Crippen LogP contribution >= 0.6 is 0 Å². The molecule has 0 aliphatic rings. The Morgan fingerprint density at radius 1 is 1.14 bits per heavy atom. The summed E-state index contributed by atoms with van der Waals surface area (Å²) >= 11 is 0. The van der Waals surface area contributed by atoms with E-state index in [2.05, 4.69) is 10.4 Å². The summed E-state index contributed by atoms with van der Waals surface area (Å²) in [6.07, 6.45) is 1.81. The predicted octanol–water partition coefficient (Wildman–Crippen LogP) is 3.66. The van der Waals surface area contributed by atoms with Gasteiger partial charge in [-0.1, -0.05) is 38.1 Å². The zero-order valence-corrected chi connectivity index (χ0v) is 12.2. The van der Waals surface area contributed by atoms with Gasteiger partial charge in [0.05, 0.1) is 17.4 Å². The summed E-state index contributed by atoms with van der Waals surface area (Å²) in [5.41, 5.74) is 2.40. The van der Waals surface area contributed by atoms with E-state index in [9.17, 15) is 4.39 Å². The van der Waals surface area contributed by atoms with Crippen molar-refractivity contribution in [1.82, 2.24) is 15.1 Å². The minimum absolute atomic E-state index is 0.208. The molecule has 0 fully saturated rings. The Labute approximate surface area is 123 Å². The molecule has 3 aromatic rings. The number of para-hydroxylation sites is 1. The summed E-state index contributed by atoms with van der Waals surface area (Å²) in [6, 6.07) is 13.4. The van der Waals surface area contributed by atoms with Gasteiger partial charge in [0, 0.05) is 23.5 Å². The average Bonchev–Trinajstić information content (AvgIpc) is 2.89. The topological polar surface area (TPSA) is 29.9 Å². The van der Waals surface area contributed by atoms with Gasteiger partial charge in [-0.25, -0.2) is 9.07 Å². The molecule has 3 nitrogen and oxygen atoms in total. The summed E-state index contributed by atoms with van der Waals surface area (Å²) in [6.45, 7) is 4.57. The lowest BCUT2D eigenvalue weighted by Crippen LogP contribution is -2.23. The van der Waals surface area contributed by atoms with Crippen molar-refractivity contribution in [1.29, 1.82) is 0 Å². The van der Waals surface area contributed by atoms with Crippen LogP contribution in [0.3, 0.4) is 0 Å². The van der Waals surface area contributed by atoms with Crippen LogP contribution in [0.1, 0.15) is 19.4 Å². The SMILES string of the molecule is CC(C)NCc1c(F)cccc1-n1ncc2ccccc21. The van der Waals surface area contributed by atoms with Crippen LogP contribution < -0.4 is 5.32 Å². The monoisotopic (exact) mass is 283 g/mol. The van der Waals surface area contributed by atoms with Gasteiger partial charge in [0.15, 0.2) is 0 Å². The Morgan fingerprint density at radius 3 is 2.76 bits per heavy atom. The molecule has 4 heteroatoms. The Balaban J connectivity index is 2.11. The number of halogens is 1. The van der Waals surface area contributed by atoms with Crippen LogP contribution in [0, 0.1) is 5.82 Å². The lowest BCUT2D eigenvalue weighted by Gasteiger charge is -2.14. The smallest absolute Gasteiger partial charge is 0.129 e. The van der Waals surface area contributed by atoms with Crippen LogP contribution in [0.4, 0.5) is 4.39 Å². The van der Waals surface area contributed by atoms with E-state index in [1.807, 2.05) is 44.2 Å². The fourth-order valence-corrected chi connectivity index (χ4v) is 2.39. The van der Waals surface area contributed by atoms with E-state index >= 15 is 0 Å². The molecule has 2 aromatic carbocycles. The molecule has 1 heterocycles. The first-order chi connectivity index (χ1) is 10.2. The van der Waals surface area contributed by atoms with Crippen molar-refractivity contribution in [2.24, 2.45) is 0 Å². The fourth-order valence-electron chi connectivity index (χ4n) is 2.39. The number of hydrogen-bond acceptors (Lipinski definition) is 2. The van der Waals surface area contributed by atoms with Gasteiger partial charge in [-0.2, -0.15) is 5.10 Å². The highest BCUT2D eigenvalue weighted by Gasteiger charge is 2.13. The first kappa shape index (κ1) is 13.8. The Kier molecular flexibility index (Phi) is 3.71. The summed E-state index contributed by atoms with van der Waals surface area (Å²) < 4.78 is 16.0. The Hall–Kier alpha value is -2.20. The van der Waals surface area contributed by atoms with Crippen molar-refractivity contribution in [3.63, 3.8) is 0 Å². The molecule has 0 aliphatic carbocycles. The quantitative estimate of drug-likeness (QED) is 0.792. The predicted molar refractivity (Wildman–Crippen MR) is 83.0 cm³/mol. The van der Waals surface area contributed by atoms with Gasteiger partial charge >= 0.3 is 0 Å². The highest BCUT2D eigenvalue weighted by Crippen LogP contribution is 2.22. The second-order valence-corrected chi connectivity index (χ2v) is 5.39. The van der Waals surface area contributed by atoms with E-state index in [1.165, 1.54) is 6.07 Å². The molecule has 0 saturated heterocycles. The molecule has 0 bridgehead atoms. The maximum atomic E-state index is 14.2. The van der Waals surface area contributed by atoms with Gasteiger partial charge in [-0.05, 0) is 18.2 Å². The second kappa shape index (κ2) is 5.66. The van der Waals surface area contributed by atoms with Gasteiger partial charge < -0.3 is 5.32 Å². The molecule has 21 heavy (non-hydrogen) atoms. The minimum atomic E-state index is -0.208. The molecule has 3 rings (SSSR count). The van der Waals surface area contributed by atoms with E-state index in [-0.39, 0.29) is 5.82 Å². The zero-order chi connectivity index (χ0) is 14.8. The fraction of sp³-hybridized carbons (Fsp3) is 0.235. The number of nitrogens with zero attached hydrogens (tertiary/aromatic N) is 2. The zero-order valence-electron chi connectivity index (χ0n) is 12.2. The normalized spacial score (nSPS) is 11.4. The summed E-state index contributed by atoms with van der Waals surface area (Å²) in [5.74, 6) is -0.208. The van der Waals surface area contributed by atoms with E-state index in [0.717, 1.165) is 16.6 Å². The lowest BCUT2D eigenvalue weighted by molar-refractivity contribution is 0.550. The van der Waals surface area contributed by atoms with Crippen LogP contribution in [0.15, 0.2) is 48.7 Å². The molecule has 0 saturated carbocycles. The molecule has 1 N–H and O–H groups in total. The van der Waals surface area contributed by atoms with Gasteiger partial charge in [0.2, 0.25) is 0 Å². The van der Waals surface area contributed by atoms with Gasteiger partial charge in [0.1, 0.15) is 5.82 Å². The van der Waals surface area contributed by atoms with Crippen molar-refractivity contribution >= 4 is 10.9 Å². The van der Waals surface area contributed by atoms with Crippen molar-refractivity contribution in [3.05, 3.63) is 60.0 Å². The average molecular weight is 283 g/mol. The van der Waals surface area contributed by atoms with Crippen molar-refractivity contribution in [2.45, 2.75) is 26.4 Å². The first-order valence-corrected chi connectivity index (χ1v) is 7.10. The third-order valence-corrected chi connectivity index (χ3v) is 3.49. The lowest BCUT2D eigenvalue weighted by atomic mass is 10.1. The molecular weight excluding hydrogens is 265 g/mol. The minimum Gasteiger partial charge on any atom is -0.310 e. The molecule has 0 spiro atoms. The molecule has 108 valence electrons. The molecule has 0 atom stereocenters. The van der Waals surface area contributed by atoms with E-state index in [4.69, 9.17) is 0 Å². The molecule has 0 aliphatic heterocycles. The maximum absolute atomic E-state index is 14.2. The van der Waals surface area contributed by atoms with Crippen LogP contribution in [0.25, 0.3) is 16.6 Å². The number of hydrogen-bond donors (Lipinski definition) is 1. The third kappa shape index (κ3) is 2.67. The van der Waals surface area contributed by atoms with Gasteiger partial charge in [0.25, 0.3) is 0 Å². The van der Waals surface area contributed by atoms with Crippen LogP contribution in [-0.2, 0) is 6.54 Å². The standard InChI is InChI=1S/C17H18FN3/c1-12(2)19-11-14-15(18)7-5-9-17(14)21-16-8-4-3-6-13(16)10-20-21/h3-10,12,19H,11H2,1-2H3. The highest BCUT2D eigenvalue weighted by molar-refractivity contribution is 5.80. The van der Waals surface area contributed by atoms with E-state index in [0.29, 0.717) is 18.2 Å². The van der Waals surface area contributed by atoms with E-state index < -0.39 is 0 Å². The number of aromatic nitrogens is 2. The molecule has 0 unspecified atom stereocenters. The van der Waals surface area contributed by atoms with Crippen LogP contribution in [0.5, 0.6) is 0 Å². The Morgan fingerprint density at radius 2 is 1.95 bits per heavy atom. The van der Waals surface area contributed by atoms with Crippen molar-refractivity contribution in [3.8, 4) is 5.69 Å². The number of benzene rings is 2. The largest absolute Gasteiger partial charge is 0.310 e. The second-order valence-electron chi connectivity index (χ2n) is 5.39. The summed E-state index contributed by atoms with van der Waals surface area (Å²) in [5, 5.41) is 8.73. The molecular formula is C17H18FN3. The van der Waals surface area contributed by atoms with Crippen LogP contribution in [-0.4, -0.2) is 15.8 Å². The van der Waals surface area contributed by atoms with Gasteiger partial charge in [-0.15, -0.1) is 0 Å². The molecule has 1 aromatic heterocycles.